The van der Waals surface area contributed by atoms with Gasteiger partial charge in [0.1, 0.15) is 12.1 Å². The number of fused-ring (bicyclic) bond motifs is 1. The van der Waals surface area contributed by atoms with E-state index in [1.165, 1.54) is 10.5 Å². The molecule has 3 N–H and O–H groups in total. The SMILES string of the molecule is C#CC[C@H](NC(=O)[C@H](C)NC)C(=O)N1C[C@@H](N=[N+]=[N-])C[C@H]1C(=O)N[C@@H]1CCCc2ccccc21.Cl. The number of halogens is 1. The summed E-state index contributed by atoms with van der Waals surface area (Å²) in [6, 6.07) is 5.00. The van der Waals surface area contributed by atoms with E-state index in [1.807, 2.05) is 18.2 Å². The average Bonchev–Trinajstić information content (AvgIpc) is 3.27. The standard InChI is InChI=1S/C24H31N7O3.ClH/c1-4-8-20(28-22(32)15(2)26-3)24(34)31-14-17(29-30-25)13-21(31)23(33)27-19-12-7-10-16-9-5-6-11-18(16)19;/h1,5-6,9,11,15,17,19-21,26H,7-8,10,12-14H2,2-3H3,(H,27,33)(H,28,32);1H/t15-,17-,19+,20-,21-;/m0./s1. The van der Waals surface area contributed by atoms with Crippen molar-refractivity contribution >= 4 is 30.1 Å². The first-order chi connectivity index (χ1) is 16.4. The number of rotatable bonds is 8. The molecule has 5 atom stereocenters. The van der Waals surface area contributed by atoms with E-state index in [2.05, 4.69) is 38.0 Å². The van der Waals surface area contributed by atoms with Crippen LogP contribution in [0.2, 0.25) is 0 Å². The molecule has 0 radical (unpaired) electrons. The van der Waals surface area contributed by atoms with Gasteiger partial charge in [0.05, 0.1) is 18.1 Å². The normalized spacial score (nSPS) is 22.3. The van der Waals surface area contributed by atoms with Gasteiger partial charge in [-0.2, -0.15) is 0 Å². The zero-order chi connectivity index (χ0) is 24.7. The molecule has 1 aliphatic heterocycles. The molecule has 1 aliphatic carbocycles. The molecule has 0 unspecified atom stereocenters. The zero-order valence-electron chi connectivity index (χ0n) is 19.9. The molecule has 0 aromatic heterocycles. The summed E-state index contributed by atoms with van der Waals surface area (Å²) in [6.07, 6.45) is 8.37. The highest BCUT2D eigenvalue weighted by Gasteiger charge is 2.42. The molecule has 11 heteroatoms. The summed E-state index contributed by atoms with van der Waals surface area (Å²) in [6.45, 7) is 1.75. The van der Waals surface area contributed by atoms with Gasteiger partial charge in [0, 0.05) is 17.9 Å². The van der Waals surface area contributed by atoms with Crippen molar-refractivity contribution in [3.05, 3.63) is 45.8 Å². The third-order valence-corrected chi connectivity index (χ3v) is 6.53. The largest absolute Gasteiger partial charge is 0.347 e. The van der Waals surface area contributed by atoms with Gasteiger partial charge in [0.15, 0.2) is 0 Å². The first-order valence-electron chi connectivity index (χ1n) is 11.5. The molecule has 3 rings (SSSR count). The molecular formula is C24H32ClN7O3. The highest BCUT2D eigenvalue weighted by atomic mass is 35.5. The van der Waals surface area contributed by atoms with Crippen LogP contribution >= 0.6 is 12.4 Å². The molecule has 0 spiro atoms. The fourth-order valence-corrected chi connectivity index (χ4v) is 4.58. The Morgan fingerprint density at radius 3 is 2.77 bits per heavy atom. The Bertz CT molecular complexity index is 1020. The van der Waals surface area contributed by atoms with Crippen molar-refractivity contribution in [1.82, 2.24) is 20.9 Å². The predicted molar refractivity (Wildman–Crippen MR) is 134 cm³/mol. The van der Waals surface area contributed by atoms with Crippen molar-refractivity contribution in [2.75, 3.05) is 13.6 Å². The van der Waals surface area contributed by atoms with Crippen LogP contribution in [-0.4, -0.2) is 60.4 Å². The molecule has 10 nitrogen and oxygen atoms in total. The van der Waals surface area contributed by atoms with Crippen molar-refractivity contribution in [3.8, 4) is 12.3 Å². The van der Waals surface area contributed by atoms with E-state index in [0.717, 1.165) is 24.8 Å². The lowest BCUT2D eigenvalue weighted by atomic mass is 9.87. The fraction of sp³-hybridized carbons (Fsp3) is 0.542. The van der Waals surface area contributed by atoms with E-state index < -0.39 is 30.1 Å². The summed E-state index contributed by atoms with van der Waals surface area (Å²) in [5.74, 6) is 1.28. The monoisotopic (exact) mass is 501 g/mol. The maximum absolute atomic E-state index is 13.4. The number of benzene rings is 1. The molecule has 3 amide bonds. The number of hydrogen-bond acceptors (Lipinski definition) is 5. The Hall–Kier alpha value is -3.25. The minimum atomic E-state index is -0.983. The fourth-order valence-electron chi connectivity index (χ4n) is 4.58. The number of nitrogens with zero attached hydrogens (tertiary/aromatic N) is 4. The lowest BCUT2D eigenvalue weighted by Crippen LogP contribution is -2.55. The Kier molecular flexibility index (Phi) is 10.4. The number of aryl methyl sites for hydroxylation is 1. The van der Waals surface area contributed by atoms with E-state index in [1.54, 1.807) is 14.0 Å². The van der Waals surface area contributed by atoms with Crippen LogP contribution in [0, 0.1) is 12.3 Å². The van der Waals surface area contributed by atoms with Crippen molar-refractivity contribution in [2.45, 2.75) is 69.2 Å². The maximum Gasteiger partial charge on any atom is 0.246 e. The van der Waals surface area contributed by atoms with E-state index in [9.17, 15) is 14.4 Å². The van der Waals surface area contributed by atoms with Gasteiger partial charge in [0.25, 0.3) is 0 Å². The summed E-state index contributed by atoms with van der Waals surface area (Å²) < 4.78 is 0. The van der Waals surface area contributed by atoms with Gasteiger partial charge in [-0.3, -0.25) is 14.4 Å². The van der Waals surface area contributed by atoms with Crippen LogP contribution in [0.3, 0.4) is 0 Å². The van der Waals surface area contributed by atoms with E-state index in [0.29, 0.717) is 0 Å². The van der Waals surface area contributed by atoms with Crippen LogP contribution in [-0.2, 0) is 20.8 Å². The van der Waals surface area contributed by atoms with Gasteiger partial charge in [-0.1, -0.05) is 29.4 Å². The molecule has 1 heterocycles. The van der Waals surface area contributed by atoms with Crippen molar-refractivity contribution in [2.24, 2.45) is 5.11 Å². The van der Waals surface area contributed by atoms with Crippen LogP contribution in [0.1, 0.15) is 49.8 Å². The third kappa shape index (κ3) is 6.67. The number of likely N-dealkylation sites (tertiary alicyclic amines) is 1. The van der Waals surface area contributed by atoms with Gasteiger partial charge in [-0.25, -0.2) is 0 Å². The Balaban J connectivity index is 0.00000432. The lowest BCUT2D eigenvalue weighted by molar-refractivity contribution is -0.141. The molecule has 1 aromatic carbocycles. The smallest absolute Gasteiger partial charge is 0.246 e. The summed E-state index contributed by atoms with van der Waals surface area (Å²) >= 11 is 0. The molecule has 0 saturated carbocycles. The Labute approximate surface area is 211 Å². The van der Waals surface area contributed by atoms with Crippen LogP contribution in [0.25, 0.3) is 10.4 Å². The van der Waals surface area contributed by atoms with Crippen LogP contribution in [0.5, 0.6) is 0 Å². The van der Waals surface area contributed by atoms with E-state index >= 15 is 0 Å². The van der Waals surface area contributed by atoms with Crippen LogP contribution in [0.4, 0.5) is 0 Å². The topological polar surface area (TPSA) is 139 Å². The van der Waals surface area contributed by atoms with Crippen LogP contribution < -0.4 is 16.0 Å². The van der Waals surface area contributed by atoms with Gasteiger partial charge in [0.2, 0.25) is 17.7 Å². The minimum Gasteiger partial charge on any atom is -0.347 e. The average molecular weight is 502 g/mol. The quantitative estimate of drug-likeness (QED) is 0.217. The maximum atomic E-state index is 13.4. The minimum absolute atomic E-state index is 0. The molecule has 1 saturated heterocycles. The number of nitrogens with one attached hydrogen (secondary N) is 3. The second kappa shape index (κ2) is 13.0. The number of terminal acetylenes is 1. The number of hydrogen-bond donors (Lipinski definition) is 3. The summed E-state index contributed by atoms with van der Waals surface area (Å²) in [5, 5.41) is 12.3. The first kappa shape index (κ1) is 28.0. The number of amides is 3. The van der Waals surface area contributed by atoms with Crippen molar-refractivity contribution in [1.29, 1.82) is 0 Å². The van der Waals surface area contributed by atoms with Gasteiger partial charge in [-0.05, 0) is 56.3 Å². The molecule has 1 aromatic rings. The number of likely N-dealkylation sites (N-methyl/N-ethyl adjacent to an activating group) is 1. The Morgan fingerprint density at radius 2 is 2.09 bits per heavy atom. The predicted octanol–water partition coefficient (Wildman–Crippen LogP) is 2.00. The summed E-state index contributed by atoms with van der Waals surface area (Å²) in [5.41, 5.74) is 11.2. The Morgan fingerprint density at radius 1 is 1.34 bits per heavy atom. The second-order valence-corrected chi connectivity index (χ2v) is 8.73. The highest BCUT2D eigenvalue weighted by molar-refractivity contribution is 5.94. The molecule has 188 valence electrons. The first-order valence-corrected chi connectivity index (χ1v) is 11.5. The molecule has 35 heavy (non-hydrogen) atoms. The summed E-state index contributed by atoms with van der Waals surface area (Å²) in [4.78, 5) is 43.4. The molecule has 0 bridgehead atoms. The lowest BCUT2D eigenvalue weighted by Gasteiger charge is -2.31. The van der Waals surface area contributed by atoms with E-state index in [-0.39, 0.29) is 49.6 Å². The highest BCUT2D eigenvalue weighted by Crippen LogP contribution is 2.30. The number of carbonyl (C=O) groups excluding carboxylic acids is 3. The van der Waals surface area contributed by atoms with Gasteiger partial charge in [-0.15, -0.1) is 24.8 Å². The van der Waals surface area contributed by atoms with Crippen LogP contribution in [0.15, 0.2) is 29.4 Å². The summed E-state index contributed by atoms with van der Waals surface area (Å²) in [7, 11) is 1.64. The number of azide groups is 1. The third-order valence-electron chi connectivity index (χ3n) is 6.53. The molecule has 1 fully saturated rings. The van der Waals surface area contributed by atoms with Crippen molar-refractivity contribution in [3.63, 3.8) is 0 Å². The van der Waals surface area contributed by atoms with Crippen molar-refractivity contribution < 1.29 is 14.4 Å². The van der Waals surface area contributed by atoms with Gasteiger partial charge < -0.3 is 20.9 Å². The van der Waals surface area contributed by atoms with Gasteiger partial charge >= 0.3 is 0 Å². The molecular weight excluding hydrogens is 470 g/mol. The number of carbonyl (C=O) groups is 3. The molecule has 2 aliphatic rings. The van der Waals surface area contributed by atoms with E-state index in [4.69, 9.17) is 12.0 Å². The zero-order valence-corrected chi connectivity index (χ0v) is 20.8. The second-order valence-electron chi connectivity index (χ2n) is 8.73.